The molecule has 0 bridgehead atoms. The average Bonchev–Trinajstić information content (AvgIpc) is 3.70. The first-order chi connectivity index (χ1) is 19.3. The third-order valence-corrected chi connectivity index (χ3v) is 9.43. The number of rotatable bonds is 3. The van der Waals surface area contributed by atoms with Crippen LogP contribution in [0.1, 0.15) is 60.3 Å². The van der Waals surface area contributed by atoms with Gasteiger partial charge in [-0.05, 0) is 47.2 Å². The first-order valence-corrected chi connectivity index (χ1v) is 13.7. The number of carboxylic acid groups (broad SMARTS) is 2. The first kappa shape index (κ1) is 23.3. The predicted octanol–water partition coefficient (Wildman–Crippen LogP) is 3.66. The largest absolute Gasteiger partial charge is 0.480 e. The van der Waals surface area contributed by atoms with E-state index in [0.29, 0.717) is 25.7 Å². The summed E-state index contributed by atoms with van der Waals surface area (Å²) in [5, 5.41) is 21.6. The molecular weight excluding hydrogens is 512 g/mol. The van der Waals surface area contributed by atoms with Crippen molar-refractivity contribution < 1.29 is 29.4 Å². The number of aromatic nitrogens is 2. The smallest absolute Gasteiger partial charge is 0.326 e. The van der Waals surface area contributed by atoms with Crippen LogP contribution in [0.5, 0.6) is 0 Å². The van der Waals surface area contributed by atoms with Crippen LogP contribution in [0.3, 0.4) is 0 Å². The van der Waals surface area contributed by atoms with Gasteiger partial charge in [0.05, 0.1) is 12.1 Å². The van der Waals surface area contributed by atoms with Crippen LogP contribution in [0.15, 0.2) is 36.4 Å². The Morgan fingerprint density at radius 3 is 1.52 bits per heavy atom. The van der Waals surface area contributed by atoms with Crippen LogP contribution in [0, 0.1) is 0 Å². The second kappa shape index (κ2) is 7.97. The zero-order valence-electron chi connectivity index (χ0n) is 21.4. The van der Waals surface area contributed by atoms with Crippen molar-refractivity contribution >= 4 is 45.6 Å². The molecule has 10 nitrogen and oxygen atoms in total. The van der Waals surface area contributed by atoms with E-state index < -0.39 is 24.0 Å². The van der Waals surface area contributed by atoms with Crippen LogP contribution in [0.4, 0.5) is 0 Å². The van der Waals surface area contributed by atoms with Crippen molar-refractivity contribution in [3.8, 4) is 11.1 Å². The number of aromatic amines is 2. The zero-order chi connectivity index (χ0) is 27.4. The number of benzene rings is 2. The predicted molar refractivity (Wildman–Crippen MR) is 143 cm³/mol. The molecule has 10 heteroatoms. The number of nitrogens with zero attached hydrogens (tertiary/aromatic N) is 2. The second-order valence-electron chi connectivity index (χ2n) is 11.4. The summed E-state index contributed by atoms with van der Waals surface area (Å²) in [4.78, 5) is 59.1. The molecule has 2 fully saturated rings. The molecule has 6 heterocycles. The van der Waals surface area contributed by atoms with Gasteiger partial charge in [-0.15, -0.1) is 0 Å². The second-order valence-corrected chi connectivity index (χ2v) is 11.4. The summed E-state index contributed by atoms with van der Waals surface area (Å²) in [6, 6.07) is 10.0. The van der Waals surface area contributed by atoms with E-state index in [-0.39, 0.29) is 36.7 Å². The molecule has 0 spiro atoms. The van der Waals surface area contributed by atoms with Crippen LogP contribution in [0.25, 0.3) is 32.9 Å². The van der Waals surface area contributed by atoms with Gasteiger partial charge in [-0.25, -0.2) is 9.59 Å². The SMILES string of the molecule is O=C(O)C1Cc2c([nH]c3cc(-c4ccc5c6c([nH]c5c4)C4CCC(=O)N4C(C(=O)O)C6)ccc23)C2CCC(=O)N12. The highest BCUT2D eigenvalue weighted by Crippen LogP contribution is 2.45. The van der Waals surface area contributed by atoms with E-state index in [4.69, 9.17) is 0 Å². The van der Waals surface area contributed by atoms with Crippen molar-refractivity contribution in [3.05, 3.63) is 58.9 Å². The lowest BCUT2D eigenvalue weighted by Gasteiger charge is -2.35. The molecule has 8 rings (SSSR count). The Hall–Kier alpha value is -4.60. The van der Waals surface area contributed by atoms with Gasteiger partial charge in [0.15, 0.2) is 0 Å². The van der Waals surface area contributed by atoms with Gasteiger partial charge in [0, 0.05) is 58.9 Å². The van der Waals surface area contributed by atoms with Gasteiger partial charge < -0.3 is 30.0 Å². The minimum atomic E-state index is -0.974. The third kappa shape index (κ3) is 3.04. The number of hydrogen-bond acceptors (Lipinski definition) is 4. The lowest BCUT2D eigenvalue weighted by atomic mass is 9.91. The monoisotopic (exact) mass is 538 g/mol. The number of nitrogens with one attached hydrogen (secondary N) is 2. The van der Waals surface area contributed by atoms with Crippen LogP contribution in [-0.2, 0) is 32.0 Å². The molecule has 0 saturated carbocycles. The highest BCUT2D eigenvalue weighted by Gasteiger charge is 2.47. The summed E-state index contributed by atoms with van der Waals surface area (Å²) in [7, 11) is 0. The molecule has 4 N–H and O–H groups in total. The van der Waals surface area contributed by atoms with Gasteiger partial charge >= 0.3 is 11.9 Å². The third-order valence-electron chi connectivity index (χ3n) is 9.43. The van der Waals surface area contributed by atoms with Crippen molar-refractivity contribution in [3.63, 3.8) is 0 Å². The van der Waals surface area contributed by atoms with Crippen molar-refractivity contribution in [1.82, 2.24) is 19.8 Å². The lowest BCUT2D eigenvalue weighted by Crippen LogP contribution is -2.47. The van der Waals surface area contributed by atoms with E-state index in [1.165, 1.54) is 9.80 Å². The number of carbonyl (C=O) groups is 4. The van der Waals surface area contributed by atoms with E-state index in [2.05, 4.69) is 22.1 Å². The molecule has 4 aliphatic rings. The van der Waals surface area contributed by atoms with Crippen molar-refractivity contribution in [2.45, 2.75) is 62.7 Å². The van der Waals surface area contributed by atoms with Gasteiger partial charge in [0.2, 0.25) is 11.8 Å². The van der Waals surface area contributed by atoms with Crippen LogP contribution in [-0.4, -0.2) is 65.8 Å². The van der Waals surface area contributed by atoms with E-state index in [1.807, 2.05) is 24.3 Å². The number of carboxylic acids is 2. The maximum absolute atomic E-state index is 12.5. The minimum absolute atomic E-state index is 0.107. The Labute approximate surface area is 227 Å². The summed E-state index contributed by atoms with van der Waals surface area (Å²) >= 11 is 0. The maximum Gasteiger partial charge on any atom is 0.326 e. The van der Waals surface area contributed by atoms with Crippen molar-refractivity contribution in [2.24, 2.45) is 0 Å². The fourth-order valence-electron chi connectivity index (χ4n) is 7.67. The molecular formula is C30H26N4O6. The highest BCUT2D eigenvalue weighted by atomic mass is 16.4. The molecule has 202 valence electrons. The standard InChI is InChI=1S/C30H26N4O6/c35-25-7-5-21-27-17(11-23(29(37)38)33(21)25)15-3-1-13(9-19(15)31-27)14-2-4-16-18-12-24(30(39)40)34-22(6-8-26(34)36)28(18)32-20(16)10-14/h1-4,9-10,21-24,31-32H,5-8,11-12H2,(H,37,38)(H,39,40). The van der Waals surface area contributed by atoms with Crippen LogP contribution in [0.2, 0.25) is 0 Å². The van der Waals surface area contributed by atoms with Gasteiger partial charge in [0.25, 0.3) is 0 Å². The molecule has 2 aromatic heterocycles. The zero-order valence-corrected chi connectivity index (χ0v) is 21.4. The molecule has 2 aromatic carbocycles. The topological polar surface area (TPSA) is 147 Å². The van der Waals surface area contributed by atoms with Gasteiger partial charge in [-0.1, -0.05) is 24.3 Å². The minimum Gasteiger partial charge on any atom is -0.480 e. The van der Waals surface area contributed by atoms with Gasteiger partial charge in [0.1, 0.15) is 12.1 Å². The Balaban J connectivity index is 1.19. The molecule has 0 radical (unpaired) electrons. The number of amides is 2. The molecule has 4 unspecified atom stereocenters. The van der Waals surface area contributed by atoms with Crippen molar-refractivity contribution in [1.29, 1.82) is 0 Å². The number of aliphatic carboxylic acids is 2. The molecule has 2 amide bonds. The maximum atomic E-state index is 12.5. The Morgan fingerprint density at radius 2 is 1.12 bits per heavy atom. The van der Waals surface area contributed by atoms with Gasteiger partial charge in [-0.3, -0.25) is 9.59 Å². The molecule has 40 heavy (non-hydrogen) atoms. The van der Waals surface area contributed by atoms with E-state index in [1.54, 1.807) is 0 Å². The molecule has 4 aliphatic heterocycles. The van der Waals surface area contributed by atoms with E-state index in [0.717, 1.165) is 55.4 Å². The quantitative estimate of drug-likeness (QED) is 0.313. The first-order valence-electron chi connectivity index (χ1n) is 13.7. The Bertz CT molecular complexity index is 1690. The summed E-state index contributed by atoms with van der Waals surface area (Å²) in [6.07, 6.45) is 2.49. The fourth-order valence-corrected chi connectivity index (χ4v) is 7.67. The van der Waals surface area contributed by atoms with E-state index in [9.17, 15) is 29.4 Å². The normalized spacial score (nSPS) is 25.3. The van der Waals surface area contributed by atoms with Gasteiger partial charge in [-0.2, -0.15) is 0 Å². The average molecular weight is 539 g/mol. The molecule has 0 aliphatic carbocycles. The molecule has 4 atom stereocenters. The number of carbonyl (C=O) groups excluding carboxylic acids is 2. The summed E-state index contributed by atoms with van der Waals surface area (Å²) in [5.74, 6) is -2.16. The molecule has 2 saturated heterocycles. The Morgan fingerprint density at radius 1 is 0.700 bits per heavy atom. The Kier molecular flexibility index (Phi) is 4.64. The fraction of sp³-hybridized carbons (Fsp3) is 0.333. The van der Waals surface area contributed by atoms with Crippen LogP contribution < -0.4 is 0 Å². The summed E-state index contributed by atoms with van der Waals surface area (Å²) in [6.45, 7) is 0. The summed E-state index contributed by atoms with van der Waals surface area (Å²) < 4.78 is 0. The number of fused-ring (bicyclic) bond motifs is 10. The van der Waals surface area contributed by atoms with Crippen LogP contribution >= 0.6 is 0 Å². The number of hydrogen-bond donors (Lipinski definition) is 4. The van der Waals surface area contributed by atoms with Crippen molar-refractivity contribution in [2.75, 3.05) is 0 Å². The summed E-state index contributed by atoms with van der Waals surface area (Å²) in [5.41, 5.74) is 7.60. The highest BCUT2D eigenvalue weighted by molar-refractivity contribution is 5.96. The van der Waals surface area contributed by atoms with E-state index >= 15 is 0 Å². The molecule has 4 aromatic rings. The number of H-pyrrole nitrogens is 2. The lowest BCUT2D eigenvalue weighted by molar-refractivity contribution is -0.150.